The average Bonchev–Trinajstić information content (AvgIpc) is 2.75. The molecule has 0 saturated heterocycles. The molecule has 0 bridgehead atoms. The zero-order chi connectivity index (χ0) is 11.3. The zero-order valence-electron chi connectivity index (χ0n) is 9.19. The van der Waals surface area contributed by atoms with Gasteiger partial charge in [0.1, 0.15) is 11.6 Å². The van der Waals surface area contributed by atoms with E-state index >= 15 is 0 Å². The van der Waals surface area contributed by atoms with Gasteiger partial charge in [0.15, 0.2) is 5.65 Å². The minimum absolute atomic E-state index is 0.244. The van der Waals surface area contributed by atoms with Crippen molar-refractivity contribution in [3.8, 4) is 0 Å². The summed E-state index contributed by atoms with van der Waals surface area (Å²) in [7, 11) is 0. The molecule has 6 nitrogen and oxygen atoms in total. The van der Waals surface area contributed by atoms with Crippen LogP contribution < -0.4 is 11.0 Å². The fourth-order valence-electron chi connectivity index (χ4n) is 1.88. The molecule has 0 aliphatic heterocycles. The van der Waals surface area contributed by atoms with E-state index in [2.05, 4.69) is 27.4 Å². The highest BCUT2D eigenvalue weighted by Gasteiger charge is 2.32. The van der Waals surface area contributed by atoms with Gasteiger partial charge in [-0.1, -0.05) is 6.92 Å². The molecule has 0 amide bonds. The minimum atomic E-state index is -0.244. The summed E-state index contributed by atoms with van der Waals surface area (Å²) in [6, 6.07) is 2.30. The Bertz CT molecular complexity index is 599. The van der Waals surface area contributed by atoms with Gasteiger partial charge in [0.05, 0.1) is 0 Å². The van der Waals surface area contributed by atoms with E-state index in [0.717, 1.165) is 5.82 Å². The van der Waals surface area contributed by atoms with Crippen LogP contribution in [-0.4, -0.2) is 25.6 Å². The third-order valence-corrected chi connectivity index (χ3v) is 3.01. The highest BCUT2D eigenvalue weighted by atomic mass is 16.1. The van der Waals surface area contributed by atoms with Crippen molar-refractivity contribution < 1.29 is 0 Å². The molecule has 0 spiro atoms. The van der Waals surface area contributed by atoms with Gasteiger partial charge in [-0.25, -0.2) is 19.3 Å². The number of H-pyrrole nitrogens is 1. The van der Waals surface area contributed by atoms with Crippen LogP contribution >= 0.6 is 0 Å². The summed E-state index contributed by atoms with van der Waals surface area (Å²) in [5, 5.41) is 9.67. The van der Waals surface area contributed by atoms with E-state index in [9.17, 15) is 4.79 Å². The first-order chi connectivity index (χ1) is 7.65. The Morgan fingerprint density at radius 2 is 2.38 bits per heavy atom. The first kappa shape index (κ1) is 9.38. The number of nitrogens with one attached hydrogen (secondary N) is 2. The van der Waals surface area contributed by atoms with Crippen molar-refractivity contribution in [3.05, 3.63) is 22.4 Å². The second-order valence-electron chi connectivity index (χ2n) is 4.37. The van der Waals surface area contributed by atoms with Crippen LogP contribution in [0, 0.1) is 12.8 Å². The normalized spacial score (nSPS) is 23.6. The zero-order valence-corrected chi connectivity index (χ0v) is 9.19. The molecule has 1 aliphatic rings. The largest absolute Gasteiger partial charge is 0.367 e. The minimum Gasteiger partial charge on any atom is -0.367 e. The number of fused-ring (bicyclic) bond motifs is 1. The summed E-state index contributed by atoms with van der Waals surface area (Å²) in [4.78, 5) is 15.7. The van der Waals surface area contributed by atoms with Crippen LogP contribution in [0.2, 0.25) is 0 Å². The SMILES string of the molecule is Cc1nc(NC2CC2C)cc2n[nH]c(=O)n12. The maximum Gasteiger partial charge on any atom is 0.349 e. The summed E-state index contributed by atoms with van der Waals surface area (Å²) in [6.45, 7) is 3.99. The van der Waals surface area contributed by atoms with E-state index in [4.69, 9.17) is 0 Å². The van der Waals surface area contributed by atoms with Gasteiger partial charge in [0, 0.05) is 12.1 Å². The Morgan fingerprint density at radius 3 is 3.06 bits per heavy atom. The van der Waals surface area contributed by atoms with Crippen molar-refractivity contribution in [2.24, 2.45) is 5.92 Å². The number of anilines is 1. The van der Waals surface area contributed by atoms with Gasteiger partial charge in [-0.15, -0.1) is 0 Å². The lowest BCUT2D eigenvalue weighted by molar-refractivity contribution is 0.903. The first-order valence-corrected chi connectivity index (χ1v) is 5.36. The number of hydrogen-bond acceptors (Lipinski definition) is 4. The fourth-order valence-corrected chi connectivity index (χ4v) is 1.88. The Hall–Kier alpha value is -1.85. The number of nitrogens with zero attached hydrogens (tertiary/aromatic N) is 3. The van der Waals surface area contributed by atoms with E-state index < -0.39 is 0 Å². The van der Waals surface area contributed by atoms with Crippen LogP contribution in [0.1, 0.15) is 19.2 Å². The Morgan fingerprint density at radius 1 is 1.62 bits per heavy atom. The maximum atomic E-state index is 11.4. The third kappa shape index (κ3) is 1.37. The van der Waals surface area contributed by atoms with Crippen LogP contribution in [0.5, 0.6) is 0 Å². The first-order valence-electron chi connectivity index (χ1n) is 5.36. The van der Waals surface area contributed by atoms with E-state index in [1.54, 1.807) is 13.0 Å². The molecule has 2 atom stereocenters. The highest BCUT2D eigenvalue weighted by Crippen LogP contribution is 2.32. The highest BCUT2D eigenvalue weighted by molar-refractivity contribution is 5.50. The van der Waals surface area contributed by atoms with Gasteiger partial charge in [0.2, 0.25) is 0 Å². The summed E-state index contributed by atoms with van der Waals surface area (Å²) < 4.78 is 1.46. The predicted octanol–water partition coefficient (Wildman–Crippen LogP) is 0.546. The van der Waals surface area contributed by atoms with Gasteiger partial charge in [0.25, 0.3) is 0 Å². The molecule has 84 valence electrons. The van der Waals surface area contributed by atoms with Crippen molar-refractivity contribution in [2.75, 3.05) is 5.32 Å². The molecule has 1 aliphatic carbocycles. The van der Waals surface area contributed by atoms with E-state index in [-0.39, 0.29) is 5.69 Å². The number of rotatable bonds is 2. The van der Waals surface area contributed by atoms with Gasteiger partial charge >= 0.3 is 5.69 Å². The average molecular weight is 219 g/mol. The van der Waals surface area contributed by atoms with Crippen LogP contribution in [0.25, 0.3) is 5.65 Å². The molecular weight excluding hydrogens is 206 g/mol. The molecule has 0 aromatic carbocycles. The van der Waals surface area contributed by atoms with Crippen LogP contribution in [0.4, 0.5) is 5.82 Å². The monoisotopic (exact) mass is 219 g/mol. The summed E-state index contributed by atoms with van der Waals surface area (Å²) in [5.74, 6) is 2.14. The standard InChI is InChI=1S/C10H13N5O/c1-5-3-7(5)12-8-4-9-13-14-10(16)15(9)6(2)11-8/h4-5,7,12H,3H2,1-2H3,(H,14,16). The second-order valence-corrected chi connectivity index (χ2v) is 4.37. The van der Waals surface area contributed by atoms with Crippen molar-refractivity contribution >= 4 is 11.5 Å². The number of aryl methyl sites for hydroxylation is 1. The van der Waals surface area contributed by atoms with Gasteiger partial charge in [-0.2, -0.15) is 5.10 Å². The smallest absolute Gasteiger partial charge is 0.349 e. The Balaban J connectivity index is 2.04. The van der Waals surface area contributed by atoms with E-state index in [1.807, 2.05) is 0 Å². The maximum absolute atomic E-state index is 11.4. The molecule has 6 heteroatoms. The molecule has 1 saturated carbocycles. The number of hydrogen-bond donors (Lipinski definition) is 2. The molecule has 0 radical (unpaired) electrons. The van der Waals surface area contributed by atoms with Gasteiger partial charge < -0.3 is 5.32 Å². The number of aromatic nitrogens is 4. The third-order valence-electron chi connectivity index (χ3n) is 3.01. The van der Waals surface area contributed by atoms with Crippen molar-refractivity contribution in [2.45, 2.75) is 26.3 Å². The molecule has 2 aromatic heterocycles. The lowest BCUT2D eigenvalue weighted by Crippen LogP contribution is -2.14. The second kappa shape index (κ2) is 3.07. The van der Waals surface area contributed by atoms with Crippen molar-refractivity contribution in [1.29, 1.82) is 0 Å². The molecule has 2 unspecified atom stereocenters. The Kier molecular flexibility index (Phi) is 1.80. The predicted molar refractivity (Wildman–Crippen MR) is 59.5 cm³/mol. The summed E-state index contributed by atoms with van der Waals surface area (Å²) in [5.41, 5.74) is 0.361. The lowest BCUT2D eigenvalue weighted by Gasteiger charge is -2.05. The van der Waals surface area contributed by atoms with E-state index in [1.165, 1.54) is 10.8 Å². The molecule has 2 heterocycles. The Labute approximate surface area is 91.7 Å². The fraction of sp³-hybridized carbons (Fsp3) is 0.500. The molecule has 2 N–H and O–H groups in total. The molecular formula is C10H13N5O. The molecule has 3 rings (SSSR count). The molecule has 1 fully saturated rings. The topological polar surface area (TPSA) is 75.1 Å². The van der Waals surface area contributed by atoms with Crippen molar-refractivity contribution in [1.82, 2.24) is 19.6 Å². The molecule has 2 aromatic rings. The van der Waals surface area contributed by atoms with Crippen LogP contribution in [0.3, 0.4) is 0 Å². The van der Waals surface area contributed by atoms with Gasteiger partial charge in [-0.05, 0) is 19.3 Å². The summed E-state index contributed by atoms with van der Waals surface area (Å²) in [6.07, 6.45) is 1.18. The van der Waals surface area contributed by atoms with Crippen LogP contribution in [0.15, 0.2) is 10.9 Å². The molecule has 16 heavy (non-hydrogen) atoms. The van der Waals surface area contributed by atoms with Gasteiger partial charge in [-0.3, -0.25) is 0 Å². The van der Waals surface area contributed by atoms with Crippen LogP contribution in [-0.2, 0) is 0 Å². The van der Waals surface area contributed by atoms with E-state index in [0.29, 0.717) is 23.4 Å². The van der Waals surface area contributed by atoms with Crippen molar-refractivity contribution in [3.63, 3.8) is 0 Å². The lowest BCUT2D eigenvalue weighted by atomic mass is 10.4. The quantitative estimate of drug-likeness (QED) is 0.773. The summed E-state index contributed by atoms with van der Waals surface area (Å²) >= 11 is 0. The number of aromatic amines is 1.